The van der Waals surface area contributed by atoms with Gasteiger partial charge >= 0.3 is 5.97 Å². The van der Waals surface area contributed by atoms with Crippen molar-refractivity contribution in [3.8, 4) is 0 Å². The molecule has 2 bridgehead atoms. The number of esters is 1. The Morgan fingerprint density at radius 2 is 2.16 bits per heavy atom. The number of rotatable bonds is 6. The number of aliphatic hydroxyl groups is 1. The molecule has 0 aromatic heterocycles. The second-order valence-corrected chi connectivity index (χ2v) is 10.4. The zero-order valence-corrected chi connectivity index (χ0v) is 19.3. The molecular weight excluding hydrogens is 440 g/mol. The van der Waals surface area contributed by atoms with Gasteiger partial charge in [-0.3, -0.25) is 14.4 Å². The lowest BCUT2D eigenvalue weighted by Gasteiger charge is -2.38. The number of aliphatic hydroxyl groups excluding tert-OH is 1. The third kappa shape index (κ3) is 3.26. The zero-order chi connectivity index (χ0) is 22.5. The van der Waals surface area contributed by atoms with Crippen LogP contribution >= 0.6 is 23.4 Å². The van der Waals surface area contributed by atoms with E-state index in [2.05, 4.69) is 5.32 Å². The summed E-state index contributed by atoms with van der Waals surface area (Å²) in [7, 11) is 0. The maximum absolute atomic E-state index is 13.6. The summed E-state index contributed by atoms with van der Waals surface area (Å²) in [5.41, 5.74) is 1.33. The van der Waals surface area contributed by atoms with Crippen molar-refractivity contribution in [1.29, 1.82) is 0 Å². The molecule has 2 amide bonds. The number of anilines is 1. The third-order valence-corrected chi connectivity index (χ3v) is 9.25. The first-order chi connectivity index (χ1) is 14.8. The maximum atomic E-state index is 13.6. The van der Waals surface area contributed by atoms with E-state index in [0.717, 1.165) is 12.0 Å². The average Bonchev–Trinajstić information content (AvgIpc) is 3.30. The highest BCUT2D eigenvalue weighted by molar-refractivity contribution is 8.02. The van der Waals surface area contributed by atoms with Gasteiger partial charge in [0.1, 0.15) is 6.04 Å². The molecule has 0 radical (unpaired) electrons. The highest BCUT2D eigenvalue weighted by Gasteiger charge is 2.76. The molecule has 1 spiro atoms. The molecule has 31 heavy (non-hydrogen) atoms. The van der Waals surface area contributed by atoms with Crippen molar-refractivity contribution in [3.05, 3.63) is 28.8 Å². The number of carbonyl (C=O) groups is 3. The number of aryl methyl sites for hydroxylation is 1. The van der Waals surface area contributed by atoms with Gasteiger partial charge in [-0.15, -0.1) is 11.8 Å². The fourth-order valence-electron chi connectivity index (χ4n) is 5.66. The summed E-state index contributed by atoms with van der Waals surface area (Å²) >= 11 is 7.89. The summed E-state index contributed by atoms with van der Waals surface area (Å²) in [6.07, 6.45) is 0.736. The molecule has 0 aliphatic carbocycles. The summed E-state index contributed by atoms with van der Waals surface area (Å²) in [5.74, 6) is -2.14. The van der Waals surface area contributed by atoms with E-state index in [4.69, 9.17) is 16.3 Å². The van der Waals surface area contributed by atoms with E-state index in [1.54, 1.807) is 30.8 Å². The topological polar surface area (TPSA) is 95.9 Å². The number of benzene rings is 1. The summed E-state index contributed by atoms with van der Waals surface area (Å²) in [5, 5.41) is 12.9. The Hall–Kier alpha value is -1.77. The predicted octanol–water partition coefficient (Wildman–Crippen LogP) is 2.48. The smallest absolute Gasteiger partial charge is 0.310 e. The molecule has 3 aliphatic rings. The third-order valence-electron chi connectivity index (χ3n) is 6.86. The molecule has 4 rings (SSSR count). The number of thioether (sulfide) groups is 1. The SMILES string of the molecule is CCOC(=O)[C@@H]1[C@H]2C(=O)N(CCO)C(C(=O)Nc3c(C)cccc3Cl)C23S[C@@H]1CC3C. The van der Waals surface area contributed by atoms with Crippen LogP contribution in [0.15, 0.2) is 18.2 Å². The van der Waals surface area contributed by atoms with Crippen LogP contribution in [0.5, 0.6) is 0 Å². The number of amides is 2. The molecule has 3 fully saturated rings. The van der Waals surface area contributed by atoms with Gasteiger partial charge in [0, 0.05) is 11.8 Å². The van der Waals surface area contributed by atoms with E-state index < -0.39 is 22.6 Å². The molecule has 7 nitrogen and oxygen atoms in total. The quantitative estimate of drug-likeness (QED) is 0.625. The van der Waals surface area contributed by atoms with E-state index in [-0.39, 0.29) is 48.7 Å². The van der Waals surface area contributed by atoms with E-state index >= 15 is 0 Å². The summed E-state index contributed by atoms with van der Waals surface area (Å²) in [6.45, 7) is 5.64. The monoisotopic (exact) mass is 466 g/mol. The van der Waals surface area contributed by atoms with Gasteiger partial charge in [0.05, 0.1) is 40.5 Å². The first kappa shape index (κ1) is 22.4. The molecule has 3 saturated heterocycles. The van der Waals surface area contributed by atoms with Crippen LogP contribution in [0.3, 0.4) is 0 Å². The lowest BCUT2D eigenvalue weighted by molar-refractivity contribution is -0.154. The number of nitrogens with one attached hydrogen (secondary N) is 1. The number of β-amino-alcohol motifs (C(OH)–C–C–N with tert-alkyl or cyclic N) is 1. The Labute approximate surface area is 190 Å². The number of nitrogens with zero attached hydrogens (tertiary/aromatic N) is 1. The van der Waals surface area contributed by atoms with Gasteiger partial charge in [-0.1, -0.05) is 30.7 Å². The first-order valence-corrected chi connectivity index (χ1v) is 11.8. The molecular formula is C22H27ClN2O5S. The molecule has 0 saturated carbocycles. The van der Waals surface area contributed by atoms with Crippen LogP contribution in [-0.2, 0) is 19.1 Å². The van der Waals surface area contributed by atoms with Crippen molar-refractivity contribution in [1.82, 2.24) is 4.90 Å². The first-order valence-electron chi connectivity index (χ1n) is 10.6. The van der Waals surface area contributed by atoms with Crippen LogP contribution in [0, 0.1) is 24.7 Å². The number of para-hydroxylation sites is 1. The maximum Gasteiger partial charge on any atom is 0.310 e. The minimum absolute atomic E-state index is 0.0319. The molecule has 3 unspecified atom stereocenters. The molecule has 1 aromatic rings. The molecule has 9 heteroatoms. The van der Waals surface area contributed by atoms with Crippen molar-refractivity contribution < 1.29 is 24.2 Å². The van der Waals surface area contributed by atoms with Gasteiger partial charge in [0.2, 0.25) is 11.8 Å². The van der Waals surface area contributed by atoms with Gasteiger partial charge < -0.3 is 20.1 Å². The summed E-state index contributed by atoms with van der Waals surface area (Å²) in [6, 6.07) is 4.55. The lowest BCUT2D eigenvalue weighted by atomic mass is 9.66. The second-order valence-electron chi connectivity index (χ2n) is 8.48. The van der Waals surface area contributed by atoms with Crippen molar-refractivity contribution in [2.45, 2.75) is 43.2 Å². The average molecular weight is 467 g/mol. The van der Waals surface area contributed by atoms with Crippen LogP contribution in [-0.4, -0.2) is 63.6 Å². The van der Waals surface area contributed by atoms with Crippen LogP contribution in [0.2, 0.25) is 5.02 Å². The molecule has 6 atom stereocenters. The Kier molecular flexibility index (Phi) is 6.00. The molecule has 2 N–H and O–H groups in total. The van der Waals surface area contributed by atoms with Gasteiger partial charge in [0.15, 0.2) is 0 Å². The lowest BCUT2D eigenvalue weighted by Crippen LogP contribution is -2.55. The summed E-state index contributed by atoms with van der Waals surface area (Å²) in [4.78, 5) is 41.4. The number of likely N-dealkylation sites (tertiary alicyclic amines) is 1. The van der Waals surface area contributed by atoms with E-state index in [0.29, 0.717) is 10.7 Å². The Morgan fingerprint density at radius 1 is 1.42 bits per heavy atom. The fourth-order valence-corrected chi connectivity index (χ4v) is 8.33. The van der Waals surface area contributed by atoms with Crippen molar-refractivity contribution in [2.24, 2.45) is 17.8 Å². The highest BCUT2D eigenvalue weighted by Crippen LogP contribution is 2.68. The van der Waals surface area contributed by atoms with Crippen molar-refractivity contribution in [3.63, 3.8) is 0 Å². The number of ether oxygens (including phenoxy) is 1. The van der Waals surface area contributed by atoms with Gasteiger partial charge in [0.25, 0.3) is 0 Å². The van der Waals surface area contributed by atoms with Gasteiger partial charge in [-0.05, 0) is 37.8 Å². The van der Waals surface area contributed by atoms with Crippen LogP contribution in [0.25, 0.3) is 0 Å². The van der Waals surface area contributed by atoms with E-state index in [9.17, 15) is 19.5 Å². The number of hydrogen-bond acceptors (Lipinski definition) is 6. The van der Waals surface area contributed by atoms with E-state index in [1.807, 2.05) is 19.9 Å². The number of hydrogen-bond donors (Lipinski definition) is 2. The minimum atomic E-state index is -0.808. The number of halogens is 1. The van der Waals surface area contributed by atoms with E-state index in [1.165, 1.54) is 4.90 Å². The van der Waals surface area contributed by atoms with Crippen LogP contribution < -0.4 is 5.32 Å². The second kappa shape index (κ2) is 8.30. The molecule has 3 heterocycles. The van der Waals surface area contributed by atoms with Crippen molar-refractivity contribution in [2.75, 3.05) is 25.1 Å². The van der Waals surface area contributed by atoms with Crippen molar-refractivity contribution >= 4 is 46.8 Å². The minimum Gasteiger partial charge on any atom is -0.466 e. The van der Waals surface area contributed by atoms with Crippen LogP contribution in [0.1, 0.15) is 25.8 Å². The number of fused-ring (bicyclic) bond motifs is 1. The largest absolute Gasteiger partial charge is 0.466 e. The fraction of sp³-hybridized carbons (Fsp3) is 0.591. The molecule has 3 aliphatic heterocycles. The highest BCUT2D eigenvalue weighted by atomic mass is 35.5. The van der Waals surface area contributed by atoms with Crippen LogP contribution in [0.4, 0.5) is 5.69 Å². The molecule has 168 valence electrons. The predicted molar refractivity (Wildman–Crippen MR) is 119 cm³/mol. The standard InChI is InChI=1S/C22H27ClN2O5S/c1-4-30-21(29)15-14-10-12(3)22(31-14)16(15)20(28)25(8-9-26)18(22)19(27)24-17-11(2)6-5-7-13(17)23/h5-7,12,14-16,18,26H,4,8-10H2,1-3H3,(H,24,27)/t12?,14-,15+,16+,18?,22?/m1/s1. The van der Waals surface area contributed by atoms with Gasteiger partial charge in [-0.25, -0.2) is 0 Å². The number of carbonyl (C=O) groups excluding carboxylic acids is 3. The normalized spacial score (nSPS) is 33.5. The molecule has 1 aromatic carbocycles. The Morgan fingerprint density at radius 3 is 2.81 bits per heavy atom. The zero-order valence-electron chi connectivity index (χ0n) is 17.8. The Balaban J connectivity index is 1.75. The van der Waals surface area contributed by atoms with Gasteiger partial charge in [-0.2, -0.15) is 0 Å². The summed E-state index contributed by atoms with van der Waals surface area (Å²) < 4.78 is 4.55. The Bertz CT molecular complexity index is 907.